The van der Waals surface area contributed by atoms with Crippen molar-refractivity contribution in [3.8, 4) is 11.5 Å². The molecule has 5 atom stereocenters. The first-order valence-electron chi connectivity index (χ1n) is 12.4. The lowest BCUT2D eigenvalue weighted by Crippen LogP contribution is -2.35. The molecule has 3 aromatic carbocycles. The van der Waals surface area contributed by atoms with Gasteiger partial charge in [0.2, 0.25) is 6.79 Å². The lowest BCUT2D eigenvalue weighted by Gasteiger charge is -2.43. The second-order valence-corrected chi connectivity index (χ2v) is 10.1. The number of ether oxygens (including phenoxy) is 2. The maximum atomic E-state index is 13.1. The van der Waals surface area contributed by atoms with Gasteiger partial charge in [-0.3, -0.25) is 4.79 Å². The Labute approximate surface area is 199 Å². The molecule has 172 valence electrons. The zero-order valence-corrected chi connectivity index (χ0v) is 19.0. The van der Waals surface area contributed by atoms with Gasteiger partial charge in [0, 0.05) is 17.8 Å². The largest absolute Gasteiger partial charge is 0.454 e. The average molecular weight is 453 g/mol. The monoisotopic (exact) mass is 452 g/mol. The zero-order valence-electron chi connectivity index (χ0n) is 19.0. The zero-order chi connectivity index (χ0) is 22.6. The third kappa shape index (κ3) is 3.17. The van der Waals surface area contributed by atoms with Gasteiger partial charge in [-0.15, -0.1) is 0 Å². The van der Waals surface area contributed by atoms with E-state index in [1.165, 1.54) is 36.1 Å². The highest BCUT2D eigenvalue weighted by atomic mass is 16.7. The molecule has 2 bridgehead atoms. The first-order valence-corrected chi connectivity index (χ1v) is 12.4. The third-order valence-electron chi connectivity index (χ3n) is 8.40. The summed E-state index contributed by atoms with van der Waals surface area (Å²) in [6.07, 6.45) is 3.97. The lowest BCUT2D eigenvalue weighted by molar-refractivity contribution is 0.0950. The van der Waals surface area contributed by atoms with Gasteiger partial charge in [-0.05, 0) is 90.0 Å². The van der Waals surface area contributed by atoms with E-state index in [9.17, 15) is 4.79 Å². The molecule has 0 unspecified atom stereocenters. The van der Waals surface area contributed by atoms with Gasteiger partial charge in [-0.1, -0.05) is 36.4 Å². The number of hydrogen-bond acceptors (Lipinski definition) is 4. The molecule has 2 aliphatic heterocycles. The number of carbonyl (C=O) groups excluding carboxylic acids is 1. The number of hydrogen-bond donors (Lipinski definition) is 2. The third-order valence-corrected chi connectivity index (χ3v) is 8.40. The van der Waals surface area contributed by atoms with Crippen LogP contribution >= 0.6 is 0 Å². The van der Waals surface area contributed by atoms with Gasteiger partial charge in [-0.25, -0.2) is 0 Å². The summed E-state index contributed by atoms with van der Waals surface area (Å²) in [5, 5.41) is 6.95. The van der Waals surface area contributed by atoms with Crippen LogP contribution in [0.15, 0.2) is 66.7 Å². The summed E-state index contributed by atoms with van der Waals surface area (Å²) < 4.78 is 10.8. The SMILES string of the molecule is O=C(NCc1ccc2c(c1)OCO2)c1ccc2c(c1)[C@@H]1[C@H]3CC[C@H](C3)[C@@H]1[C@H](c1ccccc1)N2. The van der Waals surface area contributed by atoms with E-state index in [-0.39, 0.29) is 12.7 Å². The van der Waals surface area contributed by atoms with Crippen LogP contribution in [0.5, 0.6) is 11.5 Å². The molecule has 34 heavy (non-hydrogen) atoms. The standard InChI is InChI=1S/C29H28N2O3/c32-29(30-15-17-6-11-24-25(12-17)34-16-33-24)21-9-10-23-22(14-21)26-19-7-8-20(13-19)27(26)28(31-23)18-4-2-1-3-5-18/h1-6,9-12,14,19-20,26-28,31H,7-8,13,15-16H2,(H,30,32)/t19-,20+,26-,27-,28-/m0/s1. The Morgan fingerprint density at radius 3 is 2.71 bits per heavy atom. The van der Waals surface area contributed by atoms with Gasteiger partial charge in [0.15, 0.2) is 11.5 Å². The van der Waals surface area contributed by atoms with Crippen molar-refractivity contribution in [1.82, 2.24) is 5.32 Å². The Bertz CT molecular complexity index is 1260. The maximum Gasteiger partial charge on any atom is 0.251 e. The van der Waals surface area contributed by atoms with Crippen molar-refractivity contribution >= 4 is 11.6 Å². The smallest absolute Gasteiger partial charge is 0.251 e. The maximum absolute atomic E-state index is 13.1. The summed E-state index contributed by atoms with van der Waals surface area (Å²) in [4.78, 5) is 13.1. The first kappa shape index (κ1) is 20.0. The fraction of sp³-hybridized carbons (Fsp3) is 0.345. The lowest BCUT2D eigenvalue weighted by atomic mass is 9.68. The molecule has 3 aromatic rings. The van der Waals surface area contributed by atoms with E-state index in [4.69, 9.17) is 9.47 Å². The molecule has 2 N–H and O–H groups in total. The second kappa shape index (κ2) is 7.79. The highest BCUT2D eigenvalue weighted by molar-refractivity contribution is 5.95. The Balaban J connectivity index is 1.15. The van der Waals surface area contributed by atoms with E-state index < -0.39 is 0 Å². The molecule has 2 saturated carbocycles. The van der Waals surface area contributed by atoms with Gasteiger partial charge in [0.1, 0.15) is 0 Å². The molecular weight excluding hydrogens is 424 g/mol. The summed E-state index contributed by atoms with van der Waals surface area (Å²) >= 11 is 0. The Hall–Kier alpha value is -3.47. The summed E-state index contributed by atoms with van der Waals surface area (Å²) in [6, 6.07) is 23.2. The minimum atomic E-state index is -0.0367. The molecule has 0 spiro atoms. The Morgan fingerprint density at radius 2 is 1.79 bits per heavy atom. The molecule has 7 rings (SSSR count). The van der Waals surface area contributed by atoms with Gasteiger partial charge in [0.25, 0.3) is 5.91 Å². The Kier molecular flexibility index (Phi) is 4.57. The summed E-state index contributed by atoms with van der Waals surface area (Å²) in [6.45, 7) is 0.709. The van der Waals surface area contributed by atoms with Crippen molar-refractivity contribution in [2.45, 2.75) is 37.8 Å². The number of carbonyl (C=O) groups is 1. The van der Waals surface area contributed by atoms with Crippen LogP contribution in [0.25, 0.3) is 0 Å². The number of amides is 1. The predicted octanol–water partition coefficient (Wildman–Crippen LogP) is 5.64. The molecule has 1 amide bonds. The number of nitrogens with one attached hydrogen (secondary N) is 2. The van der Waals surface area contributed by atoms with E-state index in [0.29, 0.717) is 24.4 Å². The van der Waals surface area contributed by atoms with Crippen LogP contribution in [0.4, 0.5) is 5.69 Å². The quantitative estimate of drug-likeness (QED) is 0.538. The number of rotatable bonds is 4. The van der Waals surface area contributed by atoms with Crippen LogP contribution in [-0.2, 0) is 6.54 Å². The summed E-state index contributed by atoms with van der Waals surface area (Å²) in [5.41, 5.74) is 5.63. The number of anilines is 1. The highest BCUT2D eigenvalue weighted by Gasteiger charge is 2.53. The molecule has 0 saturated heterocycles. The summed E-state index contributed by atoms with van der Waals surface area (Å²) in [7, 11) is 0. The van der Waals surface area contributed by atoms with E-state index in [0.717, 1.165) is 34.5 Å². The van der Waals surface area contributed by atoms with Crippen LogP contribution < -0.4 is 20.1 Å². The van der Waals surface area contributed by atoms with E-state index in [1.807, 2.05) is 24.3 Å². The van der Waals surface area contributed by atoms with Gasteiger partial charge >= 0.3 is 0 Å². The van der Waals surface area contributed by atoms with Gasteiger partial charge < -0.3 is 20.1 Å². The Morgan fingerprint density at radius 1 is 0.941 bits per heavy atom. The van der Waals surface area contributed by atoms with Gasteiger partial charge in [-0.2, -0.15) is 0 Å². The topological polar surface area (TPSA) is 59.6 Å². The van der Waals surface area contributed by atoms with Crippen molar-refractivity contribution in [2.75, 3.05) is 12.1 Å². The van der Waals surface area contributed by atoms with Crippen LogP contribution in [-0.4, -0.2) is 12.7 Å². The van der Waals surface area contributed by atoms with Crippen molar-refractivity contribution in [2.24, 2.45) is 17.8 Å². The van der Waals surface area contributed by atoms with Crippen LogP contribution in [0, 0.1) is 17.8 Å². The minimum absolute atomic E-state index is 0.0367. The molecule has 0 radical (unpaired) electrons. The normalized spacial score (nSPS) is 27.6. The van der Waals surface area contributed by atoms with Crippen molar-refractivity contribution < 1.29 is 14.3 Å². The van der Waals surface area contributed by atoms with Crippen LogP contribution in [0.1, 0.15) is 58.3 Å². The molecule has 2 aliphatic carbocycles. The molecule has 4 aliphatic rings. The van der Waals surface area contributed by atoms with Crippen molar-refractivity contribution in [3.63, 3.8) is 0 Å². The van der Waals surface area contributed by atoms with E-state index >= 15 is 0 Å². The van der Waals surface area contributed by atoms with Crippen LogP contribution in [0.3, 0.4) is 0 Å². The minimum Gasteiger partial charge on any atom is -0.454 e. The van der Waals surface area contributed by atoms with E-state index in [2.05, 4.69) is 53.1 Å². The average Bonchev–Trinajstić information content (AvgIpc) is 3.63. The molecule has 5 heteroatoms. The van der Waals surface area contributed by atoms with Crippen molar-refractivity contribution in [3.05, 3.63) is 89.0 Å². The second-order valence-electron chi connectivity index (χ2n) is 10.1. The predicted molar refractivity (Wildman–Crippen MR) is 130 cm³/mol. The summed E-state index contributed by atoms with van der Waals surface area (Å²) in [5.74, 6) is 4.08. The highest BCUT2D eigenvalue weighted by Crippen LogP contribution is 2.63. The molecule has 5 nitrogen and oxygen atoms in total. The van der Waals surface area contributed by atoms with Gasteiger partial charge in [0.05, 0.1) is 6.04 Å². The first-order chi connectivity index (χ1) is 16.7. The van der Waals surface area contributed by atoms with Crippen molar-refractivity contribution in [1.29, 1.82) is 0 Å². The number of fused-ring (bicyclic) bond motifs is 8. The fourth-order valence-corrected chi connectivity index (χ4v) is 6.95. The van der Waals surface area contributed by atoms with Crippen LogP contribution in [0.2, 0.25) is 0 Å². The molecular formula is C29H28N2O3. The molecule has 2 heterocycles. The molecule has 0 aromatic heterocycles. The molecule has 2 fully saturated rings. The fourth-order valence-electron chi connectivity index (χ4n) is 6.95. The number of benzene rings is 3. The van der Waals surface area contributed by atoms with E-state index in [1.54, 1.807) is 0 Å².